The molecule has 140 valence electrons. The topological polar surface area (TPSA) is 49.9 Å². The van der Waals surface area contributed by atoms with Crippen LogP contribution in [0.4, 0.5) is 11.4 Å². The van der Waals surface area contributed by atoms with Crippen molar-refractivity contribution in [3.63, 3.8) is 0 Å². The van der Waals surface area contributed by atoms with Crippen molar-refractivity contribution in [2.75, 3.05) is 23.5 Å². The zero-order chi connectivity index (χ0) is 19.3. The molecule has 1 atom stereocenters. The number of Topliss-reactive ketones (excluding diaryl/α,β-unsaturated/α-hetero) is 1. The number of benzene rings is 2. The highest BCUT2D eigenvalue weighted by molar-refractivity contribution is 6.12. The number of carbonyl (C=O) groups is 2. The number of aryl methyl sites for hydroxylation is 2. The zero-order valence-corrected chi connectivity index (χ0v) is 16.2. The molecule has 5 nitrogen and oxygen atoms in total. The molecule has 0 N–H and O–H groups in total. The molecule has 0 aliphatic carbocycles. The van der Waals surface area contributed by atoms with E-state index in [1.54, 1.807) is 0 Å². The van der Waals surface area contributed by atoms with Gasteiger partial charge in [0, 0.05) is 24.5 Å². The Labute approximate surface area is 159 Å². The van der Waals surface area contributed by atoms with E-state index in [9.17, 15) is 9.59 Å². The lowest BCUT2D eigenvalue weighted by molar-refractivity contribution is -0.150. The molecule has 0 unspecified atom stereocenters. The summed E-state index contributed by atoms with van der Waals surface area (Å²) in [5, 5.41) is 0. The van der Waals surface area contributed by atoms with Crippen molar-refractivity contribution < 1.29 is 14.3 Å². The molecule has 2 aliphatic rings. The number of esters is 1. The Bertz CT molecular complexity index is 953. The Morgan fingerprint density at radius 1 is 0.963 bits per heavy atom. The molecule has 2 aliphatic heterocycles. The van der Waals surface area contributed by atoms with Gasteiger partial charge in [-0.2, -0.15) is 0 Å². The number of nitrogens with zero attached hydrogens (tertiary/aromatic N) is 2. The Morgan fingerprint density at radius 3 is 2.15 bits per heavy atom. The molecule has 4 rings (SSSR count). The van der Waals surface area contributed by atoms with Crippen LogP contribution in [-0.2, 0) is 27.4 Å². The van der Waals surface area contributed by atoms with Gasteiger partial charge >= 0.3 is 5.97 Å². The van der Waals surface area contributed by atoms with Gasteiger partial charge in [-0.1, -0.05) is 35.4 Å². The monoisotopic (exact) mass is 364 g/mol. The summed E-state index contributed by atoms with van der Waals surface area (Å²) >= 11 is 0. The largest absolute Gasteiger partial charge is 0.467 e. The maximum Gasteiger partial charge on any atom is 0.341 e. The molecule has 0 saturated carbocycles. The van der Waals surface area contributed by atoms with Crippen molar-refractivity contribution in [1.82, 2.24) is 0 Å². The molecule has 0 saturated heterocycles. The summed E-state index contributed by atoms with van der Waals surface area (Å²) in [6.07, 6.45) is 0. The first-order valence-electron chi connectivity index (χ1n) is 9.18. The summed E-state index contributed by atoms with van der Waals surface area (Å²) in [7, 11) is 1.35. The average molecular weight is 364 g/mol. The van der Waals surface area contributed by atoms with Crippen LogP contribution in [0.15, 0.2) is 36.4 Å². The number of ketones is 1. The fraction of sp³-hybridized carbons (Fsp3) is 0.364. The summed E-state index contributed by atoms with van der Waals surface area (Å²) in [4.78, 5) is 30.1. The van der Waals surface area contributed by atoms with Crippen LogP contribution in [0, 0.1) is 13.8 Å². The Balaban J connectivity index is 2.02. The van der Waals surface area contributed by atoms with Crippen molar-refractivity contribution >= 4 is 23.1 Å². The van der Waals surface area contributed by atoms with Gasteiger partial charge in [-0.3, -0.25) is 4.79 Å². The summed E-state index contributed by atoms with van der Waals surface area (Å²) < 4.78 is 5.15. The van der Waals surface area contributed by atoms with Crippen LogP contribution < -0.4 is 9.80 Å². The molecular formula is C22H24N2O3. The van der Waals surface area contributed by atoms with Crippen molar-refractivity contribution in [2.24, 2.45) is 0 Å². The number of anilines is 2. The van der Waals surface area contributed by atoms with Crippen molar-refractivity contribution in [3.8, 4) is 0 Å². The molecule has 0 spiro atoms. The van der Waals surface area contributed by atoms with Crippen LogP contribution in [0.2, 0.25) is 0 Å². The molecule has 2 bridgehead atoms. The quantitative estimate of drug-likeness (QED) is 0.605. The van der Waals surface area contributed by atoms with E-state index in [1.807, 2.05) is 17.0 Å². The van der Waals surface area contributed by atoms with Gasteiger partial charge < -0.3 is 14.5 Å². The van der Waals surface area contributed by atoms with Crippen LogP contribution in [0.1, 0.15) is 29.2 Å². The predicted molar refractivity (Wildman–Crippen MR) is 105 cm³/mol. The smallest absolute Gasteiger partial charge is 0.341 e. The molecule has 0 fully saturated rings. The first-order chi connectivity index (χ1) is 12.9. The molecule has 0 radical (unpaired) electrons. The van der Waals surface area contributed by atoms with Crippen LogP contribution in [0.5, 0.6) is 0 Å². The van der Waals surface area contributed by atoms with E-state index in [4.69, 9.17) is 4.74 Å². The summed E-state index contributed by atoms with van der Waals surface area (Å²) in [5.41, 5.74) is 5.20. The molecule has 0 amide bonds. The van der Waals surface area contributed by atoms with Crippen molar-refractivity contribution in [2.45, 2.75) is 39.4 Å². The lowest BCUT2D eigenvalue weighted by Crippen LogP contribution is -2.63. The molecule has 2 heterocycles. The van der Waals surface area contributed by atoms with E-state index in [0.29, 0.717) is 13.1 Å². The molecule has 2 aromatic carbocycles. The van der Waals surface area contributed by atoms with Gasteiger partial charge in [-0.05, 0) is 44.0 Å². The number of hydrogen-bond acceptors (Lipinski definition) is 5. The van der Waals surface area contributed by atoms with Gasteiger partial charge in [0.25, 0.3) is 0 Å². The lowest BCUT2D eigenvalue weighted by Gasteiger charge is -2.39. The first kappa shape index (κ1) is 17.6. The maximum atomic E-state index is 13.0. The number of carbonyl (C=O) groups excluding carboxylic acids is 2. The fourth-order valence-electron chi connectivity index (χ4n) is 4.43. The average Bonchev–Trinajstić information content (AvgIpc) is 2.85. The molecule has 27 heavy (non-hydrogen) atoms. The second-order valence-corrected chi connectivity index (χ2v) is 7.61. The lowest BCUT2D eigenvalue weighted by atomic mass is 9.91. The predicted octanol–water partition coefficient (Wildman–Crippen LogP) is 3.14. The molecule has 0 aromatic heterocycles. The van der Waals surface area contributed by atoms with Gasteiger partial charge in [0.1, 0.15) is 0 Å². The maximum absolute atomic E-state index is 13.0. The third-order valence-electron chi connectivity index (χ3n) is 5.78. The minimum atomic E-state index is -1.36. The van der Waals surface area contributed by atoms with Gasteiger partial charge in [0.15, 0.2) is 5.78 Å². The van der Waals surface area contributed by atoms with E-state index in [2.05, 4.69) is 43.0 Å². The highest BCUT2D eigenvalue weighted by Crippen LogP contribution is 2.42. The third kappa shape index (κ3) is 2.52. The number of rotatable bonds is 2. The number of methoxy groups -OCH3 is 1. The SMILES string of the molecule is COC(=O)[C@]1(C(C)=O)CN2Cc3cc(C)ccc3N1Cc1cc(C)ccc12. The highest BCUT2D eigenvalue weighted by atomic mass is 16.5. The number of hydrogen-bond donors (Lipinski definition) is 0. The standard InChI is InChI=1S/C22H24N2O3/c1-14-5-7-19-18(10-14)12-24-20-8-6-15(2)9-17(20)11-23(19)13-22(24,16(3)25)21(26)27-4/h5-10H,11-13H2,1-4H3/t22-/m1/s1. The van der Waals surface area contributed by atoms with Crippen LogP contribution >= 0.6 is 0 Å². The Kier molecular flexibility index (Phi) is 3.98. The third-order valence-corrected chi connectivity index (χ3v) is 5.78. The molecular weight excluding hydrogens is 340 g/mol. The van der Waals surface area contributed by atoms with E-state index in [-0.39, 0.29) is 12.3 Å². The zero-order valence-electron chi connectivity index (χ0n) is 16.2. The van der Waals surface area contributed by atoms with E-state index >= 15 is 0 Å². The van der Waals surface area contributed by atoms with Gasteiger partial charge in [0.2, 0.25) is 5.54 Å². The second kappa shape index (κ2) is 6.12. The second-order valence-electron chi connectivity index (χ2n) is 7.61. The summed E-state index contributed by atoms with van der Waals surface area (Å²) in [5.74, 6) is -0.699. The van der Waals surface area contributed by atoms with Crippen molar-refractivity contribution in [3.05, 3.63) is 58.7 Å². The summed E-state index contributed by atoms with van der Waals surface area (Å²) in [6, 6.07) is 12.5. The number of ether oxygens (including phenoxy) is 1. The minimum absolute atomic E-state index is 0.197. The minimum Gasteiger partial charge on any atom is -0.467 e. The summed E-state index contributed by atoms with van der Waals surface area (Å²) in [6.45, 7) is 7.01. The Hall–Kier alpha value is -2.82. The normalized spacial score (nSPS) is 20.4. The highest BCUT2D eigenvalue weighted by Gasteiger charge is 2.54. The van der Waals surface area contributed by atoms with Gasteiger partial charge in [-0.15, -0.1) is 0 Å². The van der Waals surface area contributed by atoms with Gasteiger partial charge in [-0.25, -0.2) is 4.79 Å². The fourth-order valence-corrected chi connectivity index (χ4v) is 4.43. The van der Waals surface area contributed by atoms with Crippen molar-refractivity contribution in [1.29, 1.82) is 0 Å². The van der Waals surface area contributed by atoms with Crippen LogP contribution in [0.3, 0.4) is 0 Å². The Morgan fingerprint density at radius 2 is 1.56 bits per heavy atom. The number of fused-ring (bicyclic) bond motifs is 7. The molecule has 2 aromatic rings. The van der Waals surface area contributed by atoms with Gasteiger partial charge in [0.05, 0.1) is 13.7 Å². The van der Waals surface area contributed by atoms with E-state index in [0.717, 1.165) is 33.6 Å². The van der Waals surface area contributed by atoms with Crippen LogP contribution in [0.25, 0.3) is 0 Å². The van der Waals surface area contributed by atoms with E-state index < -0.39 is 11.5 Å². The van der Waals surface area contributed by atoms with Crippen LogP contribution in [-0.4, -0.2) is 30.9 Å². The van der Waals surface area contributed by atoms with E-state index in [1.165, 1.54) is 14.0 Å². The molecule has 5 heteroatoms. The first-order valence-corrected chi connectivity index (χ1v) is 9.18.